The summed E-state index contributed by atoms with van der Waals surface area (Å²) in [6.45, 7) is 6.69. The zero-order valence-electron chi connectivity index (χ0n) is 12.6. The fourth-order valence-electron chi connectivity index (χ4n) is 1.38. The first kappa shape index (κ1) is 16.8. The molecule has 0 aliphatic carbocycles. The van der Waals surface area contributed by atoms with Crippen molar-refractivity contribution in [3.8, 4) is 0 Å². The average molecular weight is 292 g/mol. The Morgan fingerprint density at radius 3 is 2.19 bits per heavy atom. The summed E-state index contributed by atoms with van der Waals surface area (Å²) in [5.74, 6) is -0.347. The van der Waals surface area contributed by atoms with Crippen molar-refractivity contribution in [2.45, 2.75) is 38.8 Å². The van der Waals surface area contributed by atoms with Gasteiger partial charge >= 0.3 is 0 Å². The van der Waals surface area contributed by atoms with Gasteiger partial charge in [-0.1, -0.05) is 0 Å². The van der Waals surface area contributed by atoms with Gasteiger partial charge < -0.3 is 10.4 Å². The lowest BCUT2D eigenvalue weighted by Gasteiger charge is -2.37. The lowest BCUT2D eigenvalue weighted by atomic mass is 9.86. The van der Waals surface area contributed by atoms with E-state index in [1.165, 1.54) is 18.2 Å². The molecule has 1 amide bonds. The zero-order valence-corrected chi connectivity index (χ0v) is 12.6. The van der Waals surface area contributed by atoms with E-state index in [9.17, 15) is 20.0 Å². The highest BCUT2D eigenvalue weighted by Gasteiger charge is 2.35. The standard InChI is InChI=1S/C15H20N2O4/c1-14(2,15(3,4)19)16-13(18)10-7-11-5-8-12(9-6-11)17(20)21/h5-10,19H,1-4H3,(H,16,18)/b10-7+. The smallest absolute Gasteiger partial charge is 0.269 e. The number of carbonyl (C=O) groups is 1. The van der Waals surface area contributed by atoms with Crippen LogP contribution < -0.4 is 5.32 Å². The Kier molecular flexibility index (Phi) is 4.85. The molecule has 0 bridgehead atoms. The zero-order chi connectivity index (χ0) is 16.3. The van der Waals surface area contributed by atoms with Crippen molar-refractivity contribution in [1.29, 1.82) is 0 Å². The van der Waals surface area contributed by atoms with E-state index in [1.54, 1.807) is 45.9 Å². The molecule has 1 aromatic rings. The maximum Gasteiger partial charge on any atom is 0.269 e. The molecule has 0 fully saturated rings. The Hall–Kier alpha value is -2.21. The number of rotatable bonds is 5. The molecule has 0 aromatic heterocycles. The van der Waals surface area contributed by atoms with E-state index >= 15 is 0 Å². The quantitative estimate of drug-likeness (QED) is 0.494. The molecule has 1 aromatic carbocycles. The summed E-state index contributed by atoms with van der Waals surface area (Å²) in [6.07, 6.45) is 2.88. The lowest BCUT2D eigenvalue weighted by Crippen LogP contribution is -2.57. The highest BCUT2D eigenvalue weighted by molar-refractivity contribution is 5.92. The summed E-state index contributed by atoms with van der Waals surface area (Å²) in [5, 5.41) is 23.2. The molecule has 0 saturated carbocycles. The van der Waals surface area contributed by atoms with Gasteiger partial charge in [-0.25, -0.2) is 0 Å². The molecule has 21 heavy (non-hydrogen) atoms. The normalized spacial score (nSPS) is 12.4. The third-order valence-corrected chi connectivity index (χ3v) is 3.50. The molecule has 1 rings (SSSR count). The number of nitro benzene ring substituents is 1. The van der Waals surface area contributed by atoms with Crippen molar-refractivity contribution in [1.82, 2.24) is 5.32 Å². The average Bonchev–Trinajstić information content (AvgIpc) is 2.35. The van der Waals surface area contributed by atoms with Crippen LogP contribution in [0.1, 0.15) is 33.3 Å². The van der Waals surface area contributed by atoms with Crippen molar-refractivity contribution < 1.29 is 14.8 Å². The van der Waals surface area contributed by atoms with Gasteiger partial charge in [-0.3, -0.25) is 14.9 Å². The van der Waals surface area contributed by atoms with E-state index in [2.05, 4.69) is 5.32 Å². The van der Waals surface area contributed by atoms with Gasteiger partial charge in [-0.2, -0.15) is 0 Å². The number of benzene rings is 1. The maximum atomic E-state index is 11.8. The monoisotopic (exact) mass is 292 g/mol. The Balaban J connectivity index is 2.72. The van der Waals surface area contributed by atoms with Gasteiger partial charge in [0.05, 0.1) is 16.1 Å². The van der Waals surface area contributed by atoms with Gasteiger partial charge in [0.15, 0.2) is 0 Å². The first-order valence-electron chi connectivity index (χ1n) is 6.50. The SMILES string of the molecule is CC(C)(O)C(C)(C)NC(=O)/C=C/c1ccc([N+](=O)[O-])cc1. The Morgan fingerprint density at radius 1 is 1.24 bits per heavy atom. The molecule has 0 aliphatic rings. The van der Waals surface area contributed by atoms with E-state index < -0.39 is 16.1 Å². The van der Waals surface area contributed by atoms with Crippen LogP contribution in [0, 0.1) is 10.1 Å². The number of amides is 1. The molecular formula is C15H20N2O4. The van der Waals surface area contributed by atoms with E-state index in [0.29, 0.717) is 5.56 Å². The topological polar surface area (TPSA) is 92.5 Å². The summed E-state index contributed by atoms with van der Waals surface area (Å²) < 4.78 is 0. The summed E-state index contributed by atoms with van der Waals surface area (Å²) in [4.78, 5) is 21.9. The Bertz CT molecular complexity index is 554. The molecule has 6 nitrogen and oxygen atoms in total. The van der Waals surface area contributed by atoms with Gasteiger partial charge in [-0.05, 0) is 51.5 Å². The van der Waals surface area contributed by atoms with Gasteiger partial charge in [0, 0.05) is 18.2 Å². The van der Waals surface area contributed by atoms with Crippen molar-refractivity contribution in [2.24, 2.45) is 0 Å². The largest absolute Gasteiger partial charge is 0.388 e. The van der Waals surface area contributed by atoms with E-state index in [1.807, 2.05) is 0 Å². The summed E-state index contributed by atoms with van der Waals surface area (Å²) in [7, 11) is 0. The number of nitro groups is 1. The van der Waals surface area contributed by atoms with Crippen LogP contribution in [0.15, 0.2) is 30.3 Å². The van der Waals surface area contributed by atoms with Crippen LogP contribution in [-0.2, 0) is 4.79 Å². The van der Waals surface area contributed by atoms with Crippen molar-refractivity contribution in [3.05, 3.63) is 46.0 Å². The summed E-state index contributed by atoms with van der Waals surface area (Å²) in [5.41, 5.74) is -1.18. The molecule has 0 aliphatic heterocycles. The van der Waals surface area contributed by atoms with Gasteiger partial charge in [0.1, 0.15) is 0 Å². The third kappa shape index (κ3) is 4.68. The molecule has 0 spiro atoms. The van der Waals surface area contributed by atoms with Gasteiger partial charge in [0.2, 0.25) is 5.91 Å². The fraction of sp³-hybridized carbons (Fsp3) is 0.400. The highest BCUT2D eigenvalue weighted by atomic mass is 16.6. The van der Waals surface area contributed by atoms with Crippen LogP contribution in [-0.4, -0.2) is 27.1 Å². The lowest BCUT2D eigenvalue weighted by molar-refractivity contribution is -0.384. The van der Waals surface area contributed by atoms with Crippen molar-refractivity contribution >= 4 is 17.7 Å². The van der Waals surface area contributed by atoms with Crippen LogP contribution >= 0.6 is 0 Å². The molecule has 114 valence electrons. The molecule has 0 radical (unpaired) electrons. The number of non-ortho nitro benzene ring substituents is 1. The second-order valence-corrected chi connectivity index (χ2v) is 5.86. The number of aliphatic hydroxyl groups is 1. The Morgan fingerprint density at radius 2 is 1.76 bits per heavy atom. The molecule has 2 N–H and O–H groups in total. The number of nitrogens with zero attached hydrogens (tertiary/aromatic N) is 1. The highest BCUT2D eigenvalue weighted by Crippen LogP contribution is 2.20. The van der Waals surface area contributed by atoms with Gasteiger partial charge in [-0.15, -0.1) is 0 Å². The third-order valence-electron chi connectivity index (χ3n) is 3.50. The molecule has 6 heteroatoms. The molecule has 0 atom stereocenters. The number of hydrogen-bond acceptors (Lipinski definition) is 4. The minimum Gasteiger partial charge on any atom is -0.388 e. The fourth-order valence-corrected chi connectivity index (χ4v) is 1.38. The van der Waals surface area contributed by atoms with Crippen LogP contribution in [0.25, 0.3) is 6.08 Å². The van der Waals surface area contributed by atoms with Crippen molar-refractivity contribution in [3.63, 3.8) is 0 Å². The number of hydrogen-bond donors (Lipinski definition) is 2. The summed E-state index contributed by atoms with van der Waals surface area (Å²) >= 11 is 0. The number of carbonyl (C=O) groups excluding carboxylic acids is 1. The number of nitrogens with one attached hydrogen (secondary N) is 1. The molecule has 0 heterocycles. The summed E-state index contributed by atoms with van der Waals surface area (Å²) in [6, 6.07) is 5.86. The minimum atomic E-state index is -1.07. The Labute approximate surface area is 123 Å². The van der Waals surface area contributed by atoms with Crippen molar-refractivity contribution in [2.75, 3.05) is 0 Å². The van der Waals surface area contributed by atoms with E-state index in [4.69, 9.17) is 0 Å². The maximum absolute atomic E-state index is 11.8. The van der Waals surface area contributed by atoms with Crippen LogP contribution in [0.2, 0.25) is 0 Å². The minimum absolute atomic E-state index is 0.000218. The van der Waals surface area contributed by atoms with Crippen LogP contribution in [0.4, 0.5) is 5.69 Å². The van der Waals surface area contributed by atoms with E-state index in [0.717, 1.165) is 0 Å². The molecule has 0 unspecified atom stereocenters. The second kappa shape index (κ2) is 6.05. The van der Waals surface area contributed by atoms with Crippen LogP contribution in [0.5, 0.6) is 0 Å². The molecule has 0 saturated heterocycles. The predicted molar refractivity (Wildman–Crippen MR) is 80.6 cm³/mol. The second-order valence-electron chi connectivity index (χ2n) is 5.86. The van der Waals surface area contributed by atoms with Crippen LogP contribution in [0.3, 0.4) is 0 Å². The van der Waals surface area contributed by atoms with Gasteiger partial charge in [0.25, 0.3) is 5.69 Å². The predicted octanol–water partition coefficient (Wildman–Crippen LogP) is 2.27. The first-order valence-corrected chi connectivity index (χ1v) is 6.50. The first-order chi connectivity index (χ1) is 9.53. The molecular weight excluding hydrogens is 272 g/mol. The van der Waals surface area contributed by atoms with E-state index in [-0.39, 0.29) is 11.6 Å².